The third-order valence-electron chi connectivity index (χ3n) is 2.00. The van der Waals surface area contributed by atoms with Crippen LogP contribution in [0, 0.1) is 12.8 Å². The summed E-state index contributed by atoms with van der Waals surface area (Å²) in [6.07, 6.45) is 1.77. The summed E-state index contributed by atoms with van der Waals surface area (Å²) in [5, 5.41) is 6.83. The van der Waals surface area contributed by atoms with E-state index in [1.807, 2.05) is 6.92 Å². The fourth-order valence-electron chi connectivity index (χ4n) is 1.14. The number of carbonyl (C=O) groups is 1. The number of nitrogens with one attached hydrogen (secondary N) is 1. The van der Waals surface area contributed by atoms with E-state index in [0.29, 0.717) is 18.3 Å². The summed E-state index contributed by atoms with van der Waals surface area (Å²) < 4.78 is 1.56. The van der Waals surface area contributed by atoms with Gasteiger partial charge in [-0.05, 0) is 12.8 Å². The van der Waals surface area contributed by atoms with Gasteiger partial charge >= 0.3 is 0 Å². The number of aryl methyl sites for hydroxylation is 1. The second kappa shape index (κ2) is 4.82. The Bertz CT molecular complexity index is 324. The van der Waals surface area contributed by atoms with Crippen molar-refractivity contribution in [2.24, 2.45) is 5.92 Å². The average molecular weight is 210 g/mol. The molecule has 1 rings (SSSR count). The molecule has 0 fully saturated rings. The first-order valence-electron chi connectivity index (χ1n) is 5.05. The van der Waals surface area contributed by atoms with Crippen molar-refractivity contribution in [3.63, 3.8) is 0 Å². The lowest BCUT2D eigenvalue weighted by Crippen LogP contribution is -2.30. The number of carbonyl (C=O) groups excluding carboxylic acids is 1. The molecule has 0 bridgehead atoms. The van der Waals surface area contributed by atoms with Gasteiger partial charge in [0.1, 0.15) is 12.4 Å². The number of nitrogens with zero attached hydrogens (tertiary/aromatic N) is 2. The van der Waals surface area contributed by atoms with Gasteiger partial charge in [0.05, 0.1) is 0 Å². The van der Waals surface area contributed by atoms with Crippen molar-refractivity contribution in [3.8, 4) is 0 Å². The van der Waals surface area contributed by atoms with E-state index in [1.54, 1.807) is 10.9 Å². The van der Waals surface area contributed by atoms with Gasteiger partial charge in [0.15, 0.2) is 0 Å². The van der Waals surface area contributed by atoms with Gasteiger partial charge in [-0.15, -0.1) is 0 Å². The topological polar surface area (TPSA) is 72.9 Å². The monoisotopic (exact) mass is 210 g/mol. The van der Waals surface area contributed by atoms with E-state index in [0.717, 1.165) is 5.56 Å². The zero-order valence-corrected chi connectivity index (χ0v) is 9.45. The Kier molecular flexibility index (Phi) is 3.71. The number of rotatable bonds is 4. The molecule has 5 heteroatoms. The molecule has 15 heavy (non-hydrogen) atoms. The highest BCUT2D eigenvalue weighted by molar-refractivity contribution is 5.75. The second-order valence-electron chi connectivity index (χ2n) is 4.09. The van der Waals surface area contributed by atoms with Crippen LogP contribution in [0.1, 0.15) is 19.4 Å². The summed E-state index contributed by atoms with van der Waals surface area (Å²) in [6.45, 7) is 6.89. The Morgan fingerprint density at radius 2 is 2.33 bits per heavy atom. The molecule has 0 unspecified atom stereocenters. The maximum atomic E-state index is 11.4. The zero-order valence-electron chi connectivity index (χ0n) is 9.45. The second-order valence-corrected chi connectivity index (χ2v) is 4.09. The van der Waals surface area contributed by atoms with Crippen molar-refractivity contribution >= 4 is 11.7 Å². The van der Waals surface area contributed by atoms with Crippen LogP contribution >= 0.6 is 0 Å². The van der Waals surface area contributed by atoms with Crippen LogP contribution in [0.4, 0.5) is 5.82 Å². The van der Waals surface area contributed by atoms with Gasteiger partial charge in [0, 0.05) is 18.3 Å². The first kappa shape index (κ1) is 11.6. The Morgan fingerprint density at radius 3 is 2.80 bits per heavy atom. The van der Waals surface area contributed by atoms with Crippen LogP contribution < -0.4 is 11.1 Å². The Labute approximate surface area is 89.6 Å². The average Bonchev–Trinajstić information content (AvgIpc) is 2.42. The normalized spacial score (nSPS) is 10.7. The molecule has 5 nitrogen and oxygen atoms in total. The number of aromatic nitrogens is 2. The Hall–Kier alpha value is -1.52. The fourth-order valence-corrected chi connectivity index (χ4v) is 1.14. The molecule has 0 saturated heterocycles. The van der Waals surface area contributed by atoms with E-state index in [1.165, 1.54) is 0 Å². The number of nitrogens with two attached hydrogens (primary N) is 1. The molecule has 1 aromatic rings. The molecule has 3 N–H and O–H groups in total. The van der Waals surface area contributed by atoms with Gasteiger partial charge in [-0.25, -0.2) is 0 Å². The van der Waals surface area contributed by atoms with E-state index in [-0.39, 0.29) is 12.5 Å². The highest BCUT2D eigenvalue weighted by Gasteiger charge is 2.06. The molecule has 0 atom stereocenters. The molecular formula is C10H18N4O. The number of amides is 1. The molecule has 0 aliphatic carbocycles. The van der Waals surface area contributed by atoms with Gasteiger partial charge < -0.3 is 11.1 Å². The molecule has 0 radical (unpaired) electrons. The molecule has 1 aromatic heterocycles. The summed E-state index contributed by atoms with van der Waals surface area (Å²) in [5.74, 6) is 0.899. The van der Waals surface area contributed by atoms with Crippen LogP contribution in [-0.4, -0.2) is 22.2 Å². The smallest absolute Gasteiger partial charge is 0.241 e. The number of nitrogen functional groups attached to an aromatic ring is 1. The van der Waals surface area contributed by atoms with Gasteiger partial charge in [-0.3, -0.25) is 9.48 Å². The molecule has 0 aromatic carbocycles. The van der Waals surface area contributed by atoms with Crippen molar-refractivity contribution in [1.82, 2.24) is 15.1 Å². The van der Waals surface area contributed by atoms with Gasteiger partial charge in [-0.2, -0.15) is 5.10 Å². The summed E-state index contributed by atoms with van der Waals surface area (Å²) in [4.78, 5) is 11.4. The summed E-state index contributed by atoms with van der Waals surface area (Å²) in [7, 11) is 0. The number of hydrogen-bond donors (Lipinski definition) is 2. The molecule has 0 spiro atoms. The SMILES string of the molecule is Cc1cn(CC(=O)NCC(C)C)nc1N. The molecule has 0 aliphatic heterocycles. The third-order valence-corrected chi connectivity index (χ3v) is 2.00. The minimum Gasteiger partial charge on any atom is -0.382 e. The van der Waals surface area contributed by atoms with Crippen molar-refractivity contribution in [2.75, 3.05) is 12.3 Å². The predicted octanol–water partition coefficient (Wildman–Crippen LogP) is 0.546. The highest BCUT2D eigenvalue weighted by Crippen LogP contribution is 2.05. The lowest BCUT2D eigenvalue weighted by molar-refractivity contribution is -0.122. The van der Waals surface area contributed by atoms with Crippen LogP contribution in [0.5, 0.6) is 0 Å². The minimum atomic E-state index is -0.0359. The van der Waals surface area contributed by atoms with E-state index in [4.69, 9.17) is 5.73 Å². The molecule has 1 amide bonds. The van der Waals surface area contributed by atoms with Crippen LogP contribution in [0.2, 0.25) is 0 Å². The van der Waals surface area contributed by atoms with Crippen LogP contribution in [0.3, 0.4) is 0 Å². The lowest BCUT2D eigenvalue weighted by Gasteiger charge is -2.07. The van der Waals surface area contributed by atoms with Crippen LogP contribution in [0.25, 0.3) is 0 Å². The van der Waals surface area contributed by atoms with E-state index in [9.17, 15) is 4.79 Å². The maximum absolute atomic E-state index is 11.4. The quantitative estimate of drug-likeness (QED) is 0.762. The Balaban J connectivity index is 2.44. The standard InChI is InChI=1S/C10H18N4O/c1-7(2)4-12-9(15)6-14-5-8(3)10(11)13-14/h5,7H,4,6H2,1-3H3,(H2,11,13)(H,12,15). The van der Waals surface area contributed by atoms with E-state index >= 15 is 0 Å². The predicted molar refractivity (Wildman–Crippen MR) is 59.2 cm³/mol. The first-order chi connectivity index (χ1) is 6.99. The van der Waals surface area contributed by atoms with Gasteiger partial charge in [-0.1, -0.05) is 13.8 Å². The van der Waals surface area contributed by atoms with Crippen molar-refractivity contribution < 1.29 is 4.79 Å². The third kappa shape index (κ3) is 3.61. The largest absolute Gasteiger partial charge is 0.382 e. The van der Waals surface area contributed by atoms with Crippen molar-refractivity contribution in [2.45, 2.75) is 27.3 Å². The van der Waals surface area contributed by atoms with Crippen LogP contribution in [0.15, 0.2) is 6.20 Å². The lowest BCUT2D eigenvalue weighted by atomic mass is 10.2. The van der Waals surface area contributed by atoms with Crippen LogP contribution in [-0.2, 0) is 11.3 Å². The molecular weight excluding hydrogens is 192 g/mol. The van der Waals surface area contributed by atoms with Crippen molar-refractivity contribution in [1.29, 1.82) is 0 Å². The maximum Gasteiger partial charge on any atom is 0.241 e. The number of hydrogen-bond acceptors (Lipinski definition) is 3. The minimum absolute atomic E-state index is 0.0359. The molecule has 84 valence electrons. The molecule has 1 heterocycles. The van der Waals surface area contributed by atoms with Crippen molar-refractivity contribution in [3.05, 3.63) is 11.8 Å². The number of anilines is 1. The molecule has 0 saturated carbocycles. The highest BCUT2D eigenvalue weighted by atomic mass is 16.2. The van der Waals surface area contributed by atoms with E-state index in [2.05, 4.69) is 24.3 Å². The molecule has 0 aliphatic rings. The summed E-state index contributed by atoms with van der Waals surface area (Å²) in [5.41, 5.74) is 6.47. The fraction of sp³-hybridized carbons (Fsp3) is 0.600. The van der Waals surface area contributed by atoms with E-state index < -0.39 is 0 Å². The first-order valence-corrected chi connectivity index (χ1v) is 5.05. The van der Waals surface area contributed by atoms with Gasteiger partial charge in [0.2, 0.25) is 5.91 Å². The zero-order chi connectivity index (χ0) is 11.4. The Morgan fingerprint density at radius 1 is 1.67 bits per heavy atom. The van der Waals surface area contributed by atoms with Gasteiger partial charge in [0.25, 0.3) is 0 Å². The summed E-state index contributed by atoms with van der Waals surface area (Å²) in [6, 6.07) is 0. The summed E-state index contributed by atoms with van der Waals surface area (Å²) >= 11 is 0.